The van der Waals surface area contributed by atoms with E-state index in [9.17, 15) is 14.7 Å². The van der Waals surface area contributed by atoms with Crippen LogP contribution in [0.25, 0.3) is 0 Å². The highest BCUT2D eigenvalue weighted by Crippen LogP contribution is 2.32. The maximum absolute atomic E-state index is 11.7. The summed E-state index contributed by atoms with van der Waals surface area (Å²) in [5, 5.41) is 15.2. The van der Waals surface area contributed by atoms with Crippen LogP contribution in [0.5, 0.6) is 5.75 Å². The van der Waals surface area contributed by atoms with Crippen molar-refractivity contribution < 1.29 is 24.2 Å². The lowest BCUT2D eigenvalue weighted by atomic mass is 9.86. The minimum absolute atomic E-state index is 0.108. The highest BCUT2D eigenvalue weighted by Gasteiger charge is 2.27. The van der Waals surface area contributed by atoms with Crippen LogP contribution in [0.15, 0.2) is 18.2 Å². The maximum atomic E-state index is 11.7. The summed E-state index contributed by atoms with van der Waals surface area (Å²) in [5.41, 5.74) is 1.24. The molecule has 0 saturated heterocycles. The number of urea groups is 1. The molecule has 0 radical (unpaired) electrons. The number of hydrogen-bond acceptors (Lipinski definition) is 5. The van der Waals surface area contributed by atoms with Crippen LogP contribution in [0, 0.1) is 5.92 Å². The van der Waals surface area contributed by atoms with Gasteiger partial charge < -0.3 is 25.2 Å². The van der Waals surface area contributed by atoms with E-state index < -0.39 is 0 Å². The fourth-order valence-electron chi connectivity index (χ4n) is 3.02. The van der Waals surface area contributed by atoms with E-state index in [1.165, 1.54) is 14.0 Å². The molecule has 3 atom stereocenters. The lowest BCUT2D eigenvalue weighted by Crippen LogP contribution is -2.33. The monoisotopic (exact) mass is 350 g/mol. The van der Waals surface area contributed by atoms with Crippen LogP contribution in [0.1, 0.15) is 38.7 Å². The molecule has 0 heterocycles. The van der Waals surface area contributed by atoms with E-state index in [4.69, 9.17) is 9.47 Å². The zero-order chi connectivity index (χ0) is 18.4. The van der Waals surface area contributed by atoms with E-state index in [1.807, 2.05) is 0 Å². The van der Waals surface area contributed by atoms with Crippen molar-refractivity contribution in [2.45, 2.75) is 51.9 Å². The second-order valence-electron chi connectivity index (χ2n) is 6.52. The van der Waals surface area contributed by atoms with Crippen LogP contribution in [-0.2, 0) is 16.1 Å². The van der Waals surface area contributed by atoms with Crippen LogP contribution in [0.4, 0.5) is 10.5 Å². The molecule has 2 amide bonds. The molecule has 0 aromatic heterocycles. The van der Waals surface area contributed by atoms with Gasteiger partial charge in [0.1, 0.15) is 18.5 Å². The predicted molar refractivity (Wildman–Crippen MR) is 93.4 cm³/mol. The first kappa shape index (κ1) is 19.1. The number of rotatable bonds is 5. The predicted octanol–water partition coefficient (Wildman–Crippen LogP) is 2.43. The molecule has 0 spiro atoms. The molecule has 1 aliphatic rings. The average molecular weight is 350 g/mol. The van der Waals surface area contributed by atoms with Gasteiger partial charge in [-0.05, 0) is 36.5 Å². The number of esters is 1. The van der Waals surface area contributed by atoms with Crippen molar-refractivity contribution in [1.82, 2.24) is 5.32 Å². The summed E-state index contributed by atoms with van der Waals surface area (Å²) < 4.78 is 11.0. The second kappa shape index (κ2) is 8.71. The molecule has 3 unspecified atom stereocenters. The van der Waals surface area contributed by atoms with E-state index >= 15 is 0 Å². The molecule has 0 bridgehead atoms. The third-order valence-corrected chi connectivity index (χ3v) is 4.13. The third kappa shape index (κ3) is 5.94. The summed E-state index contributed by atoms with van der Waals surface area (Å²) in [5.74, 6) is 0.542. The zero-order valence-electron chi connectivity index (χ0n) is 14.9. The maximum Gasteiger partial charge on any atom is 0.319 e. The van der Waals surface area contributed by atoms with Crippen molar-refractivity contribution in [3.05, 3.63) is 23.8 Å². The molecule has 0 aliphatic heterocycles. The van der Waals surface area contributed by atoms with Crippen LogP contribution in [0.2, 0.25) is 0 Å². The van der Waals surface area contributed by atoms with E-state index in [0.29, 0.717) is 23.8 Å². The van der Waals surface area contributed by atoms with Crippen molar-refractivity contribution >= 4 is 17.7 Å². The molecule has 1 aliphatic carbocycles. The Morgan fingerprint density at radius 3 is 2.68 bits per heavy atom. The lowest BCUT2D eigenvalue weighted by molar-refractivity contribution is -0.142. The molecule has 7 heteroatoms. The normalized spacial score (nSPS) is 22.8. The molecule has 7 nitrogen and oxygen atoms in total. The first-order valence-electron chi connectivity index (χ1n) is 8.47. The molecule has 1 aromatic carbocycles. The quantitative estimate of drug-likeness (QED) is 0.709. The molecule has 3 N–H and O–H groups in total. The first-order valence-corrected chi connectivity index (χ1v) is 8.47. The summed E-state index contributed by atoms with van der Waals surface area (Å²) >= 11 is 0. The van der Waals surface area contributed by atoms with Crippen molar-refractivity contribution in [3.63, 3.8) is 0 Å². The molecular formula is C18H26N2O5. The Labute approximate surface area is 147 Å². The Bertz CT molecular complexity index is 609. The number of aliphatic hydroxyl groups excluding tert-OH is 1. The van der Waals surface area contributed by atoms with Gasteiger partial charge in [0.2, 0.25) is 0 Å². The van der Waals surface area contributed by atoms with Gasteiger partial charge >= 0.3 is 12.0 Å². The zero-order valence-corrected chi connectivity index (χ0v) is 14.9. The standard InChI is InChI=1S/C18H26N2O5/c1-11-6-14(22)9-15(7-11)25-17-5-4-13(10-24-12(2)21)8-16(17)20-18(23)19-3/h4-5,8,11,14-15,22H,6-7,9-10H2,1-3H3,(H2,19,20,23). The Balaban J connectivity index is 2.16. The molecule has 2 rings (SSSR count). The van der Waals surface area contributed by atoms with Gasteiger partial charge in [-0.2, -0.15) is 0 Å². The summed E-state index contributed by atoms with van der Waals surface area (Å²) in [6, 6.07) is 4.88. The van der Waals surface area contributed by atoms with Gasteiger partial charge in [-0.25, -0.2) is 4.79 Å². The number of aliphatic hydroxyl groups is 1. The summed E-state index contributed by atoms with van der Waals surface area (Å²) in [4.78, 5) is 22.7. The summed E-state index contributed by atoms with van der Waals surface area (Å²) in [6.45, 7) is 3.55. The molecule has 1 fully saturated rings. The number of hydrogen-bond donors (Lipinski definition) is 3. The topological polar surface area (TPSA) is 96.9 Å². The Kier molecular flexibility index (Phi) is 6.64. The number of amides is 2. The Morgan fingerprint density at radius 2 is 2.04 bits per heavy atom. The molecule has 25 heavy (non-hydrogen) atoms. The fourth-order valence-corrected chi connectivity index (χ4v) is 3.02. The van der Waals surface area contributed by atoms with E-state index in [-0.39, 0.29) is 30.8 Å². The number of carbonyl (C=O) groups excluding carboxylic acids is 2. The van der Waals surface area contributed by atoms with Gasteiger partial charge in [0.15, 0.2) is 0 Å². The summed E-state index contributed by atoms with van der Waals surface area (Å²) in [6.07, 6.45) is 1.73. The first-order chi connectivity index (χ1) is 11.9. The van der Waals surface area contributed by atoms with Gasteiger partial charge in [-0.1, -0.05) is 13.0 Å². The minimum Gasteiger partial charge on any atom is -0.488 e. The summed E-state index contributed by atoms with van der Waals surface area (Å²) in [7, 11) is 1.53. The van der Waals surface area contributed by atoms with Gasteiger partial charge in [0.25, 0.3) is 0 Å². The van der Waals surface area contributed by atoms with Crippen LogP contribution in [-0.4, -0.2) is 36.4 Å². The lowest BCUT2D eigenvalue weighted by Gasteiger charge is -2.31. The highest BCUT2D eigenvalue weighted by atomic mass is 16.5. The van der Waals surface area contributed by atoms with E-state index in [0.717, 1.165) is 18.4 Å². The SMILES string of the molecule is CNC(=O)Nc1cc(COC(C)=O)ccc1OC1CC(C)CC(O)C1. The number of carbonyl (C=O) groups is 2. The number of anilines is 1. The second-order valence-corrected chi connectivity index (χ2v) is 6.52. The Hall–Kier alpha value is -2.28. The van der Waals surface area contributed by atoms with E-state index in [1.54, 1.807) is 18.2 Å². The molecular weight excluding hydrogens is 324 g/mol. The number of nitrogens with one attached hydrogen (secondary N) is 2. The van der Waals surface area contributed by atoms with Crippen molar-refractivity contribution in [2.24, 2.45) is 5.92 Å². The smallest absolute Gasteiger partial charge is 0.319 e. The highest BCUT2D eigenvalue weighted by molar-refractivity contribution is 5.90. The Morgan fingerprint density at radius 1 is 1.28 bits per heavy atom. The van der Waals surface area contributed by atoms with Crippen LogP contribution >= 0.6 is 0 Å². The van der Waals surface area contributed by atoms with Gasteiger partial charge in [0, 0.05) is 20.4 Å². The minimum atomic E-state index is -0.369. The van der Waals surface area contributed by atoms with Gasteiger partial charge in [-0.15, -0.1) is 0 Å². The number of benzene rings is 1. The molecule has 1 aromatic rings. The van der Waals surface area contributed by atoms with Crippen LogP contribution in [0.3, 0.4) is 0 Å². The third-order valence-electron chi connectivity index (χ3n) is 4.13. The van der Waals surface area contributed by atoms with E-state index in [2.05, 4.69) is 17.6 Å². The van der Waals surface area contributed by atoms with Crippen LogP contribution < -0.4 is 15.4 Å². The van der Waals surface area contributed by atoms with Crippen molar-refractivity contribution in [1.29, 1.82) is 0 Å². The van der Waals surface area contributed by atoms with Crippen molar-refractivity contribution in [2.75, 3.05) is 12.4 Å². The van der Waals surface area contributed by atoms with Gasteiger partial charge in [0.05, 0.1) is 11.8 Å². The molecule has 1 saturated carbocycles. The fraction of sp³-hybridized carbons (Fsp3) is 0.556. The van der Waals surface area contributed by atoms with Crippen molar-refractivity contribution in [3.8, 4) is 5.75 Å². The largest absolute Gasteiger partial charge is 0.488 e. The molecule has 138 valence electrons. The average Bonchev–Trinajstić information content (AvgIpc) is 2.53. The van der Waals surface area contributed by atoms with Gasteiger partial charge in [-0.3, -0.25) is 4.79 Å². The number of ether oxygens (including phenoxy) is 2.